The molecule has 1 aromatic heterocycles. The van der Waals surface area contributed by atoms with Crippen LogP contribution >= 0.6 is 0 Å². The van der Waals surface area contributed by atoms with Crippen LogP contribution in [0.3, 0.4) is 0 Å². The predicted molar refractivity (Wildman–Crippen MR) is 50.2 cm³/mol. The maximum absolute atomic E-state index is 9.56. The van der Waals surface area contributed by atoms with Crippen LogP contribution in [0.5, 0.6) is 11.8 Å². The summed E-state index contributed by atoms with van der Waals surface area (Å²) in [6.45, 7) is 0. The van der Waals surface area contributed by atoms with Gasteiger partial charge in [0.1, 0.15) is 0 Å². The third-order valence-electron chi connectivity index (χ3n) is 2.06. The Morgan fingerprint density at radius 3 is 2.57 bits per heavy atom. The lowest BCUT2D eigenvalue weighted by molar-refractivity contribution is 0.380. The van der Waals surface area contributed by atoms with Crippen LogP contribution in [-0.2, 0) is 0 Å². The van der Waals surface area contributed by atoms with Gasteiger partial charge in [0, 0.05) is 5.69 Å². The molecule has 0 saturated carbocycles. The van der Waals surface area contributed by atoms with Crippen molar-refractivity contribution in [3.63, 3.8) is 0 Å². The SMILES string of the molecule is N=Nn1c(O)c2cccc(N)c2c1O. The van der Waals surface area contributed by atoms with E-state index in [0.717, 1.165) is 0 Å². The number of nitrogen functional groups attached to an aromatic ring is 1. The molecule has 0 aliphatic heterocycles. The van der Waals surface area contributed by atoms with Gasteiger partial charge in [0.05, 0.1) is 10.8 Å². The molecular weight excluding hydrogens is 184 g/mol. The zero-order valence-corrected chi connectivity index (χ0v) is 7.10. The van der Waals surface area contributed by atoms with Gasteiger partial charge < -0.3 is 15.9 Å². The van der Waals surface area contributed by atoms with Gasteiger partial charge in [-0.15, -0.1) is 4.68 Å². The van der Waals surface area contributed by atoms with Crippen LogP contribution in [0.2, 0.25) is 0 Å². The van der Waals surface area contributed by atoms with Crippen molar-refractivity contribution >= 4 is 16.5 Å². The second-order valence-corrected chi connectivity index (χ2v) is 2.83. The summed E-state index contributed by atoms with van der Waals surface area (Å²) in [5.74, 6) is -0.620. The maximum atomic E-state index is 9.56. The molecule has 0 saturated heterocycles. The lowest BCUT2D eigenvalue weighted by Crippen LogP contribution is -1.85. The zero-order chi connectivity index (χ0) is 10.3. The Bertz CT molecular complexity index is 518. The van der Waals surface area contributed by atoms with Gasteiger partial charge in [0.25, 0.3) is 0 Å². The van der Waals surface area contributed by atoms with Crippen molar-refractivity contribution in [1.82, 2.24) is 4.68 Å². The number of aromatic hydroxyl groups is 2. The molecule has 0 bridgehead atoms. The number of benzene rings is 1. The number of hydrogen-bond donors (Lipinski definition) is 4. The van der Waals surface area contributed by atoms with E-state index in [1.54, 1.807) is 18.2 Å². The van der Waals surface area contributed by atoms with E-state index in [4.69, 9.17) is 11.3 Å². The Labute approximate surface area is 78.7 Å². The molecule has 0 aliphatic carbocycles. The minimum Gasteiger partial charge on any atom is -0.493 e. The van der Waals surface area contributed by atoms with Crippen molar-refractivity contribution in [2.75, 3.05) is 5.73 Å². The lowest BCUT2D eigenvalue weighted by Gasteiger charge is -1.95. The summed E-state index contributed by atoms with van der Waals surface area (Å²) < 4.78 is 0.709. The third-order valence-corrected chi connectivity index (χ3v) is 2.06. The van der Waals surface area contributed by atoms with E-state index in [1.165, 1.54) is 0 Å². The van der Waals surface area contributed by atoms with Crippen LogP contribution in [0, 0.1) is 5.53 Å². The topological polar surface area (TPSA) is 108 Å². The molecule has 0 radical (unpaired) electrons. The van der Waals surface area contributed by atoms with Gasteiger partial charge in [-0.25, -0.2) is 0 Å². The number of aromatic nitrogens is 1. The minimum absolute atomic E-state index is 0.292. The number of nitrogens with zero attached hydrogens (tertiary/aromatic N) is 2. The summed E-state index contributed by atoms with van der Waals surface area (Å²) >= 11 is 0. The van der Waals surface area contributed by atoms with Crippen molar-refractivity contribution in [1.29, 1.82) is 5.53 Å². The number of fused-ring (bicyclic) bond motifs is 1. The van der Waals surface area contributed by atoms with E-state index in [9.17, 15) is 10.2 Å². The van der Waals surface area contributed by atoms with Crippen molar-refractivity contribution in [2.24, 2.45) is 5.22 Å². The first-order valence-electron chi connectivity index (χ1n) is 3.85. The summed E-state index contributed by atoms with van der Waals surface area (Å²) in [4.78, 5) is 0. The largest absolute Gasteiger partial charge is 0.493 e. The summed E-state index contributed by atoms with van der Waals surface area (Å²) in [7, 11) is 0. The summed E-state index contributed by atoms with van der Waals surface area (Å²) in [6.07, 6.45) is 0. The Kier molecular flexibility index (Phi) is 1.57. The molecule has 2 rings (SSSR count). The number of anilines is 1. The molecule has 14 heavy (non-hydrogen) atoms. The number of nitrogens with one attached hydrogen (secondary N) is 1. The van der Waals surface area contributed by atoms with Gasteiger partial charge >= 0.3 is 0 Å². The summed E-state index contributed by atoms with van der Waals surface area (Å²) in [5, 5.41) is 22.7. The fourth-order valence-corrected chi connectivity index (χ4v) is 1.42. The van der Waals surface area contributed by atoms with E-state index in [1.807, 2.05) is 0 Å². The van der Waals surface area contributed by atoms with Gasteiger partial charge in [-0.05, 0) is 12.1 Å². The van der Waals surface area contributed by atoms with E-state index in [2.05, 4.69) is 5.22 Å². The second kappa shape index (κ2) is 2.63. The molecule has 1 heterocycles. The standard InChI is InChI=1S/C8H8N4O2/c9-5-3-1-2-4-6(5)8(14)12(11-10)7(4)13/h1-3,10,13-14H,9H2. The average Bonchev–Trinajstić information content (AvgIpc) is 2.41. The first kappa shape index (κ1) is 8.36. The minimum atomic E-state index is -0.328. The fourth-order valence-electron chi connectivity index (χ4n) is 1.42. The van der Waals surface area contributed by atoms with E-state index in [0.29, 0.717) is 21.1 Å². The quantitative estimate of drug-likeness (QED) is 0.405. The normalized spacial score (nSPS) is 10.6. The van der Waals surface area contributed by atoms with Crippen molar-refractivity contribution < 1.29 is 10.2 Å². The van der Waals surface area contributed by atoms with E-state index >= 15 is 0 Å². The van der Waals surface area contributed by atoms with Crippen LogP contribution in [-0.4, -0.2) is 14.9 Å². The predicted octanol–water partition coefficient (Wildman–Crippen LogP) is 1.43. The molecule has 6 heteroatoms. The monoisotopic (exact) mass is 192 g/mol. The molecule has 0 spiro atoms. The zero-order valence-electron chi connectivity index (χ0n) is 7.10. The molecule has 0 unspecified atom stereocenters. The van der Waals surface area contributed by atoms with Gasteiger partial charge in [0.2, 0.25) is 11.8 Å². The summed E-state index contributed by atoms with van der Waals surface area (Å²) in [5.41, 5.74) is 12.7. The van der Waals surface area contributed by atoms with Crippen molar-refractivity contribution in [2.45, 2.75) is 0 Å². The third kappa shape index (κ3) is 0.846. The highest BCUT2D eigenvalue weighted by molar-refractivity contribution is 6.01. The molecule has 1 aromatic carbocycles. The summed E-state index contributed by atoms with van der Waals surface area (Å²) in [6, 6.07) is 4.82. The molecule has 72 valence electrons. The van der Waals surface area contributed by atoms with E-state index in [-0.39, 0.29) is 11.8 Å². The molecule has 2 aromatic rings. The highest BCUT2D eigenvalue weighted by Crippen LogP contribution is 2.38. The Hall–Kier alpha value is -2.24. The Morgan fingerprint density at radius 2 is 2.00 bits per heavy atom. The molecule has 0 aliphatic rings. The first-order valence-corrected chi connectivity index (χ1v) is 3.85. The van der Waals surface area contributed by atoms with Gasteiger partial charge in [-0.2, -0.15) is 5.53 Å². The first-order chi connectivity index (χ1) is 6.66. The molecular formula is C8H8N4O2. The van der Waals surface area contributed by atoms with Crippen molar-refractivity contribution in [3.05, 3.63) is 18.2 Å². The molecule has 0 fully saturated rings. The average molecular weight is 192 g/mol. The number of hydrogen-bond acceptors (Lipinski definition) is 5. The van der Waals surface area contributed by atoms with Gasteiger partial charge in [-0.3, -0.25) is 0 Å². The second-order valence-electron chi connectivity index (χ2n) is 2.83. The van der Waals surface area contributed by atoms with E-state index < -0.39 is 0 Å². The highest BCUT2D eigenvalue weighted by Gasteiger charge is 2.16. The smallest absolute Gasteiger partial charge is 0.227 e. The van der Waals surface area contributed by atoms with Crippen molar-refractivity contribution in [3.8, 4) is 11.8 Å². The lowest BCUT2D eigenvalue weighted by atomic mass is 10.2. The van der Waals surface area contributed by atoms with Gasteiger partial charge in [-0.1, -0.05) is 11.3 Å². The number of nitrogens with two attached hydrogens (primary N) is 1. The van der Waals surface area contributed by atoms with Gasteiger partial charge in [0.15, 0.2) is 0 Å². The molecule has 5 N–H and O–H groups in total. The fraction of sp³-hybridized carbons (Fsp3) is 0. The number of rotatable bonds is 1. The van der Waals surface area contributed by atoms with Crippen LogP contribution in [0.25, 0.3) is 10.8 Å². The highest BCUT2D eigenvalue weighted by atomic mass is 16.3. The Balaban J connectivity index is 3.01. The van der Waals surface area contributed by atoms with Crippen LogP contribution in [0.15, 0.2) is 23.4 Å². The molecule has 0 amide bonds. The Morgan fingerprint density at radius 1 is 1.29 bits per heavy atom. The molecule has 6 nitrogen and oxygen atoms in total. The maximum Gasteiger partial charge on any atom is 0.227 e. The molecule has 0 atom stereocenters. The van der Waals surface area contributed by atoms with Crippen LogP contribution in [0.1, 0.15) is 0 Å². The van der Waals surface area contributed by atoms with Crippen LogP contribution < -0.4 is 5.73 Å². The van der Waals surface area contributed by atoms with Crippen LogP contribution in [0.4, 0.5) is 5.69 Å².